The Morgan fingerprint density at radius 3 is 2.70 bits per heavy atom. The molecule has 1 rings (SSSR count). The minimum Gasteiger partial charge on any atom is -0.478 e. The van der Waals surface area contributed by atoms with Crippen molar-refractivity contribution >= 4 is 12.0 Å². The van der Waals surface area contributed by atoms with E-state index in [2.05, 4.69) is 11.9 Å². The smallest absolute Gasteiger partial charge is 0.335 e. The van der Waals surface area contributed by atoms with Crippen LogP contribution in [0, 0.1) is 0 Å². The molecule has 0 saturated heterocycles. The highest BCUT2D eigenvalue weighted by molar-refractivity contribution is 5.87. The van der Waals surface area contributed by atoms with Gasteiger partial charge in [-0.1, -0.05) is 18.2 Å². The molecule has 0 heterocycles. The van der Waals surface area contributed by atoms with Crippen molar-refractivity contribution in [2.75, 3.05) is 6.54 Å². The number of carbonyl (C=O) groups excluding carboxylic acids is 1. The zero-order valence-corrected chi connectivity index (χ0v) is 11.8. The topological polar surface area (TPSA) is 69.6 Å². The predicted molar refractivity (Wildman–Crippen MR) is 77.7 cm³/mol. The fraction of sp³-hybridized carbons (Fsp3) is 0.333. The normalized spacial score (nSPS) is 10.2. The van der Waals surface area contributed by atoms with Gasteiger partial charge in [-0.2, -0.15) is 0 Å². The molecular weight excluding hydrogens is 256 g/mol. The average molecular weight is 276 g/mol. The summed E-state index contributed by atoms with van der Waals surface area (Å²) in [5.41, 5.74) is 0.962. The molecule has 0 aliphatic carbocycles. The molecule has 0 fully saturated rings. The summed E-state index contributed by atoms with van der Waals surface area (Å²) in [7, 11) is 0. The van der Waals surface area contributed by atoms with Gasteiger partial charge in [-0.25, -0.2) is 9.59 Å². The van der Waals surface area contributed by atoms with E-state index in [0.29, 0.717) is 13.1 Å². The van der Waals surface area contributed by atoms with Gasteiger partial charge >= 0.3 is 12.0 Å². The third-order valence-corrected chi connectivity index (χ3v) is 2.83. The molecule has 5 heteroatoms. The Hall–Kier alpha value is -2.30. The molecule has 0 aliphatic rings. The van der Waals surface area contributed by atoms with Crippen molar-refractivity contribution in [3.63, 3.8) is 0 Å². The van der Waals surface area contributed by atoms with Gasteiger partial charge in [-0.3, -0.25) is 0 Å². The second-order valence-electron chi connectivity index (χ2n) is 4.70. The molecule has 0 bridgehead atoms. The number of nitrogens with one attached hydrogen (secondary N) is 1. The lowest BCUT2D eigenvalue weighted by atomic mass is 10.1. The first-order chi connectivity index (χ1) is 9.45. The third-order valence-electron chi connectivity index (χ3n) is 2.83. The standard InChI is InChI=1S/C15H20N2O3/c1-4-8-17(11(2)3)15(20)16-10-12-6-5-7-13(9-12)14(18)19/h4-7,9,11H,1,8,10H2,2-3H3,(H,16,20)(H,18,19). The summed E-state index contributed by atoms with van der Waals surface area (Å²) in [6.45, 7) is 8.24. The molecule has 0 unspecified atom stereocenters. The van der Waals surface area contributed by atoms with Crippen molar-refractivity contribution in [1.82, 2.24) is 10.2 Å². The third kappa shape index (κ3) is 4.42. The zero-order valence-electron chi connectivity index (χ0n) is 11.8. The Labute approximate surface area is 118 Å². The van der Waals surface area contributed by atoms with Crippen molar-refractivity contribution in [3.05, 3.63) is 48.0 Å². The van der Waals surface area contributed by atoms with Crippen LogP contribution in [0.2, 0.25) is 0 Å². The van der Waals surface area contributed by atoms with E-state index in [1.54, 1.807) is 29.2 Å². The van der Waals surface area contributed by atoms with Crippen molar-refractivity contribution in [1.29, 1.82) is 0 Å². The minimum atomic E-state index is -0.978. The number of nitrogens with zero attached hydrogens (tertiary/aromatic N) is 1. The predicted octanol–water partition coefficient (Wildman–Crippen LogP) is 2.49. The fourth-order valence-corrected chi connectivity index (χ4v) is 1.76. The van der Waals surface area contributed by atoms with E-state index in [0.717, 1.165) is 5.56 Å². The summed E-state index contributed by atoms with van der Waals surface area (Å²) < 4.78 is 0. The lowest BCUT2D eigenvalue weighted by Gasteiger charge is -2.25. The SMILES string of the molecule is C=CCN(C(=O)NCc1cccc(C(=O)O)c1)C(C)C. The lowest BCUT2D eigenvalue weighted by Crippen LogP contribution is -2.43. The second kappa shape index (κ2) is 7.33. The van der Waals surface area contributed by atoms with Gasteiger partial charge in [0.2, 0.25) is 0 Å². The highest BCUT2D eigenvalue weighted by Crippen LogP contribution is 2.06. The van der Waals surface area contributed by atoms with E-state index in [1.165, 1.54) is 6.07 Å². The maximum Gasteiger partial charge on any atom is 0.335 e. The van der Waals surface area contributed by atoms with Crippen LogP contribution in [0.4, 0.5) is 4.79 Å². The minimum absolute atomic E-state index is 0.0679. The Balaban J connectivity index is 2.66. The first-order valence-electron chi connectivity index (χ1n) is 6.43. The fourth-order valence-electron chi connectivity index (χ4n) is 1.76. The number of urea groups is 1. The summed E-state index contributed by atoms with van der Waals surface area (Å²) >= 11 is 0. The van der Waals surface area contributed by atoms with Crippen LogP contribution in [0.5, 0.6) is 0 Å². The van der Waals surface area contributed by atoms with Gasteiger partial charge in [0.1, 0.15) is 0 Å². The molecule has 108 valence electrons. The number of carbonyl (C=O) groups is 2. The lowest BCUT2D eigenvalue weighted by molar-refractivity contribution is 0.0696. The van der Waals surface area contributed by atoms with E-state index in [1.807, 2.05) is 13.8 Å². The van der Waals surface area contributed by atoms with E-state index in [9.17, 15) is 9.59 Å². The molecule has 1 aromatic carbocycles. The number of rotatable bonds is 6. The number of aromatic carboxylic acids is 1. The van der Waals surface area contributed by atoms with Gasteiger partial charge in [0.25, 0.3) is 0 Å². The number of hydrogen-bond donors (Lipinski definition) is 2. The van der Waals surface area contributed by atoms with Crippen LogP contribution in [0.3, 0.4) is 0 Å². The van der Waals surface area contributed by atoms with Crippen molar-refractivity contribution in [3.8, 4) is 0 Å². The van der Waals surface area contributed by atoms with E-state index in [4.69, 9.17) is 5.11 Å². The summed E-state index contributed by atoms with van der Waals surface area (Å²) in [6, 6.07) is 6.38. The van der Waals surface area contributed by atoms with Crippen LogP contribution < -0.4 is 5.32 Å². The van der Waals surface area contributed by atoms with Crippen LogP contribution in [-0.4, -0.2) is 34.6 Å². The van der Waals surface area contributed by atoms with Gasteiger partial charge in [0.15, 0.2) is 0 Å². The molecular formula is C15H20N2O3. The monoisotopic (exact) mass is 276 g/mol. The van der Waals surface area contributed by atoms with Gasteiger partial charge in [0.05, 0.1) is 5.56 Å². The van der Waals surface area contributed by atoms with Crippen molar-refractivity contribution in [2.45, 2.75) is 26.4 Å². The maximum absolute atomic E-state index is 12.0. The average Bonchev–Trinajstić information content (AvgIpc) is 2.42. The Kier molecular flexibility index (Phi) is 5.77. The summed E-state index contributed by atoms with van der Waals surface area (Å²) in [5, 5.41) is 11.7. The molecule has 0 aliphatic heterocycles. The molecule has 0 aromatic heterocycles. The summed E-state index contributed by atoms with van der Waals surface area (Å²) in [6.07, 6.45) is 1.67. The Bertz CT molecular complexity index is 498. The zero-order chi connectivity index (χ0) is 15.1. The van der Waals surface area contributed by atoms with Crippen molar-refractivity contribution in [2.24, 2.45) is 0 Å². The largest absolute Gasteiger partial charge is 0.478 e. The molecule has 2 N–H and O–H groups in total. The van der Waals surface area contributed by atoms with E-state index < -0.39 is 5.97 Å². The number of benzene rings is 1. The molecule has 0 radical (unpaired) electrons. The number of carboxylic acid groups (broad SMARTS) is 1. The molecule has 1 aromatic rings. The first-order valence-corrected chi connectivity index (χ1v) is 6.43. The molecule has 0 saturated carbocycles. The van der Waals surface area contributed by atoms with Gasteiger partial charge in [-0.05, 0) is 31.5 Å². The second-order valence-corrected chi connectivity index (χ2v) is 4.70. The number of hydrogen-bond acceptors (Lipinski definition) is 2. The van der Waals surface area contributed by atoms with Crippen molar-refractivity contribution < 1.29 is 14.7 Å². The van der Waals surface area contributed by atoms with Crippen LogP contribution in [0.25, 0.3) is 0 Å². The maximum atomic E-state index is 12.0. The molecule has 20 heavy (non-hydrogen) atoms. The summed E-state index contributed by atoms with van der Waals surface area (Å²) in [5.74, 6) is -0.978. The highest BCUT2D eigenvalue weighted by Gasteiger charge is 2.14. The van der Waals surface area contributed by atoms with Gasteiger partial charge < -0.3 is 15.3 Å². The number of amides is 2. The molecule has 0 spiro atoms. The van der Waals surface area contributed by atoms with E-state index in [-0.39, 0.29) is 17.6 Å². The number of carboxylic acids is 1. The highest BCUT2D eigenvalue weighted by atomic mass is 16.4. The van der Waals surface area contributed by atoms with Gasteiger partial charge in [-0.15, -0.1) is 6.58 Å². The molecule has 0 atom stereocenters. The Morgan fingerprint density at radius 1 is 1.45 bits per heavy atom. The Morgan fingerprint density at radius 2 is 2.15 bits per heavy atom. The first kappa shape index (κ1) is 15.8. The van der Waals surface area contributed by atoms with Crippen LogP contribution in [0.15, 0.2) is 36.9 Å². The molecule has 5 nitrogen and oxygen atoms in total. The van der Waals surface area contributed by atoms with E-state index >= 15 is 0 Å². The van der Waals surface area contributed by atoms with Crippen LogP contribution in [0.1, 0.15) is 29.8 Å². The van der Waals surface area contributed by atoms with Crippen LogP contribution in [-0.2, 0) is 6.54 Å². The van der Waals surface area contributed by atoms with Crippen LogP contribution >= 0.6 is 0 Å². The quantitative estimate of drug-likeness (QED) is 0.784. The molecule has 2 amide bonds. The summed E-state index contributed by atoms with van der Waals surface area (Å²) in [4.78, 5) is 24.5. The van der Waals surface area contributed by atoms with Gasteiger partial charge in [0, 0.05) is 19.1 Å².